The van der Waals surface area contributed by atoms with Crippen LogP contribution in [0.4, 0.5) is 0 Å². The van der Waals surface area contributed by atoms with E-state index in [0.717, 1.165) is 25.4 Å². The Morgan fingerprint density at radius 3 is 2.60 bits per heavy atom. The molecular weight excluding hydrogens is 188 g/mol. The van der Waals surface area contributed by atoms with Gasteiger partial charge < -0.3 is 9.84 Å². The fourth-order valence-corrected chi connectivity index (χ4v) is 3.08. The molecule has 2 aliphatic rings. The van der Waals surface area contributed by atoms with E-state index in [0.29, 0.717) is 12.0 Å². The van der Waals surface area contributed by atoms with Crippen molar-refractivity contribution >= 4 is 0 Å². The molecule has 2 fully saturated rings. The molecule has 3 atom stereocenters. The zero-order chi connectivity index (χ0) is 10.7. The zero-order valence-corrected chi connectivity index (χ0v) is 9.82. The second-order valence-electron chi connectivity index (χ2n) is 5.45. The lowest BCUT2D eigenvalue weighted by molar-refractivity contribution is 0.0598. The molecule has 1 heterocycles. The van der Waals surface area contributed by atoms with E-state index < -0.39 is 0 Å². The van der Waals surface area contributed by atoms with Gasteiger partial charge in [0, 0.05) is 5.92 Å². The molecule has 3 unspecified atom stereocenters. The maximum atomic E-state index is 10.1. The number of hydrogen-bond donors (Lipinski definition) is 1. The van der Waals surface area contributed by atoms with E-state index >= 15 is 0 Å². The molecule has 1 aliphatic carbocycles. The summed E-state index contributed by atoms with van der Waals surface area (Å²) in [5.41, 5.74) is 0. The first-order chi connectivity index (χ1) is 7.25. The highest BCUT2D eigenvalue weighted by atomic mass is 16.5. The summed E-state index contributed by atoms with van der Waals surface area (Å²) in [7, 11) is 0. The summed E-state index contributed by atoms with van der Waals surface area (Å²) in [5.74, 6) is 1.19. The standard InChI is InChI=1S/C13H24O2/c1-10-7-12(9-15-10)13(14)8-11-5-3-2-4-6-11/h10-14H,2-9H2,1H3. The van der Waals surface area contributed by atoms with Gasteiger partial charge in [-0.25, -0.2) is 0 Å². The molecule has 0 amide bonds. The van der Waals surface area contributed by atoms with Crippen molar-refractivity contribution in [3.63, 3.8) is 0 Å². The van der Waals surface area contributed by atoms with Gasteiger partial charge in [0.1, 0.15) is 0 Å². The van der Waals surface area contributed by atoms with Crippen LogP contribution in [0.1, 0.15) is 51.9 Å². The smallest absolute Gasteiger partial charge is 0.0594 e. The van der Waals surface area contributed by atoms with E-state index in [9.17, 15) is 5.11 Å². The molecule has 0 aromatic rings. The largest absolute Gasteiger partial charge is 0.393 e. The van der Waals surface area contributed by atoms with E-state index in [-0.39, 0.29) is 6.10 Å². The number of ether oxygens (including phenoxy) is 1. The van der Waals surface area contributed by atoms with Crippen LogP contribution in [0.5, 0.6) is 0 Å². The van der Waals surface area contributed by atoms with Crippen molar-refractivity contribution < 1.29 is 9.84 Å². The van der Waals surface area contributed by atoms with E-state index in [1.165, 1.54) is 32.1 Å². The minimum Gasteiger partial charge on any atom is -0.393 e. The van der Waals surface area contributed by atoms with E-state index in [1.54, 1.807) is 0 Å². The van der Waals surface area contributed by atoms with Gasteiger partial charge in [-0.2, -0.15) is 0 Å². The molecule has 1 aliphatic heterocycles. The van der Waals surface area contributed by atoms with Crippen molar-refractivity contribution in [1.29, 1.82) is 0 Å². The molecule has 1 saturated heterocycles. The molecule has 0 radical (unpaired) electrons. The number of hydrogen-bond acceptors (Lipinski definition) is 2. The average molecular weight is 212 g/mol. The Kier molecular flexibility index (Phi) is 4.04. The maximum absolute atomic E-state index is 10.1. The van der Waals surface area contributed by atoms with Gasteiger partial charge in [-0.1, -0.05) is 32.1 Å². The van der Waals surface area contributed by atoms with Crippen LogP contribution in [-0.4, -0.2) is 23.9 Å². The van der Waals surface area contributed by atoms with Crippen molar-refractivity contribution in [2.45, 2.75) is 64.1 Å². The summed E-state index contributed by atoms with van der Waals surface area (Å²) >= 11 is 0. The van der Waals surface area contributed by atoms with Gasteiger partial charge in [0.15, 0.2) is 0 Å². The van der Waals surface area contributed by atoms with Crippen LogP contribution < -0.4 is 0 Å². The number of aliphatic hydroxyl groups is 1. The third kappa shape index (κ3) is 3.18. The zero-order valence-electron chi connectivity index (χ0n) is 9.82. The third-order valence-electron chi connectivity index (χ3n) is 4.07. The van der Waals surface area contributed by atoms with E-state index in [4.69, 9.17) is 4.74 Å². The lowest BCUT2D eigenvalue weighted by Crippen LogP contribution is -2.24. The highest BCUT2D eigenvalue weighted by Crippen LogP contribution is 2.31. The van der Waals surface area contributed by atoms with Gasteiger partial charge >= 0.3 is 0 Å². The molecule has 0 spiro atoms. The lowest BCUT2D eigenvalue weighted by atomic mass is 9.82. The molecule has 0 bridgehead atoms. The second kappa shape index (κ2) is 5.31. The Labute approximate surface area is 93.0 Å². The van der Waals surface area contributed by atoms with Crippen molar-refractivity contribution in [2.75, 3.05) is 6.61 Å². The van der Waals surface area contributed by atoms with Crippen LogP contribution in [0.2, 0.25) is 0 Å². The summed E-state index contributed by atoms with van der Waals surface area (Å²) in [6, 6.07) is 0. The number of rotatable bonds is 3. The van der Waals surface area contributed by atoms with Crippen molar-refractivity contribution in [2.24, 2.45) is 11.8 Å². The molecule has 2 nitrogen and oxygen atoms in total. The SMILES string of the molecule is CC1CC(C(O)CC2CCCCC2)CO1. The molecule has 1 N–H and O–H groups in total. The van der Waals surface area contributed by atoms with Crippen LogP contribution in [0.3, 0.4) is 0 Å². The molecule has 2 heteroatoms. The third-order valence-corrected chi connectivity index (χ3v) is 4.07. The Bertz CT molecular complexity index is 187. The van der Waals surface area contributed by atoms with E-state index in [2.05, 4.69) is 6.92 Å². The first kappa shape index (κ1) is 11.4. The molecular formula is C13H24O2. The Morgan fingerprint density at radius 1 is 1.27 bits per heavy atom. The van der Waals surface area contributed by atoms with Crippen LogP contribution >= 0.6 is 0 Å². The van der Waals surface area contributed by atoms with Crippen molar-refractivity contribution in [3.8, 4) is 0 Å². The summed E-state index contributed by atoms with van der Waals surface area (Å²) in [6.07, 6.45) is 9.11. The summed E-state index contributed by atoms with van der Waals surface area (Å²) in [4.78, 5) is 0. The highest BCUT2D eigenvalue weighted by Gasteiger charge is 2.30. The molecule has 88 valence electrons. The topological polar surface area (TPSA) is 29.5 Å². The fourth-order valence-electron chi connectivity index (χ4n) is 3.08. The maximum Gasteiger partial charge on any atom is 0.0594 e. The first-order valence-electron chi connectivity index (χ1n) is 6.55. The number of aliphatic hydroxyl groups excluding tert-OH is 1. The minimum atomic E-state index is -0.113. The molecule has 0 aromatic carbocycles. The van der Waals surface area contributed by atoms with Gasteiger partial charge in [-0.15, -0.1) is 0 Å². The summed E-state index contributed by atoms with van der Waals surface area (Å²) < 4.78 is 5.52. The monoisotopic (exact) mass is 212 g/mol. The second-order valence-corrected chi connectivity index (χ2v) is 5.45. The van der Waals surface area contributed by atoms with Gasteiger partial charge in [-0.3, -0.25) is 0 Å². The lowest BCUT2D eigenvalue weighted by Gasteiger charge is -2.26. The summed E-state index contributed by atoms with van der Waals surface area (Å²) in [5, 5.41) is 10.1. The molecule has 2 rings (SSSR count). The van der Waals surface area contributed by atoms with Crippen LogP contribution in [0.25, 0.3) is 0 Å². The van der Waals surface area contributed by atoms with Crippen LogP contribution in [0.15, 0.2) is 0 Å². The van der Waals surface area contributed by atoms with Gasteiger partial charge in [-0.05, 0) is 25.7 Å². The van der Waals surface area contributed by atoms with Crippen molar-refractivity contribution in [1.82, 2.24) is 0 Å². The predicted octanol–water partition coefficient (Wildman–Crippen LogP) is 2.74. The summed E-state index contributed by atoms with van der Waals surface area (Å²) in [6.45, 7) is 2.88. The Hall–Kier alpha value is -0.0800. The quantitative estimate of drug-likeness (QED) is 0.779. The highest BCUT2D eigenvalue weighted by molar-refractivity contribution is 4.79. The minimum absolute atomic E-state index is 0.113. The predicted molar refractivity (Wildman–Crippen MR) is 60.7 cm³/mol. The van der Waals surface area contributed by atoms with Crippen LogP contribution in [0, 0.1) is 11.8 Å². The molecule has 15 heavy (non-hydrogen) atoms. The fraction of sp³-hybridized carbons (Fsp3) is 1.00. The van der Waals surface area contributed by atoms with Gasteiger partial charge in [0.05, 0.1) is 18.8 Å². The average Bonchev–Trinajstić information content (AvgIpc) is 2.66. The molecule has 0 aromatic heterocycles. The molecule has 1 saturated carbocycles. The Morgan fingerprint density at radius 2 is 2.00 bits per heavy atom. The van der Waals surface area contributed by atoms with Crippen molar-refractivity contribution in [3.05, 3.63) is 0 Å². The van der Waals surface area contributed by atoms with Gasteiger partial charge in [0.2, 0.25) is 0 Å². The Balaban J connectivity index is 1.73. The van der Waals surface area contributed by atoms with E-state index in [1.807, 2.05) is 0 Å². The normalized spacial score (nSPS) is 35.6. The van der Waals surface area contributed by atoms with Gasteiger partial charge in [0.25, 0.3) is 0 Å². The van der Waals surface area contributed by atoms with Crippen LogP contribution in [-0.2, 0) is 4.74 Å². The first-order valence-corrected chi connectivity index (χ1v) is 6.55.